The number of piperidine rings is 1. The molecule has 4 nitrogen and oxygen atoms in total. The molecular weight excluding hydrogens is 293 g/mol. The summed E-state index contributed by atoms with van der Waals surface area (Å²) < 4.78 is 12.9. The molecule has 1 aromatic carbocycles. The lowest BCUT2D eigenvalue weighted by Crippen LogP contribution is -2.38. The Hall–Kier alpha value is -2.43. The molecule has 2 heterocycles. The Balaban J connectivity index is 1.46. The van der Waals surface area contributed by atoms with Crippen LogP contribution in [0.4, 0.5) is 10.1 Å². The third kappa shape index (κ3) is 4.06. The first-order valence-corrected chi connectivity index (χ1v) is 7.91. The number of carbonyl (C=O) groups is 1. The van der Waals surface area contributed by atoms with Crippen molar-refractivity contribution in [3.05, 3.63) is 60.2 Å². The molecular formula is C18H20FN3O. The fraction of sp³-hybridized carbons (Fsp3) is 0.333. The number of carbonyl (C=O) groups excluding carboxylic acids is 1. The van der Waals surface area contributed by atoms with E-state index in [4.69, 9.17) is 0 Å². The molecule has 1 amide bonds. The third-order valence-corrected chi connectivity index (χ3v) is 4.30. The number of rotatable bonds is 4. The number of hydrogen-bond donors (Lipinski definition) is 1. The Kier molecular flexibility index (Phi) is 4.86. The molecule has 2 aromatic rings. The van der Waals surface area contributed by atoms with E-state index in [0.717, 1.165) is 25.9 Å². The third-order valence-electron chi connectivity index (χ3n) is 4.30. The van der Waals surface area contributed by atoms with Crippen LogP contribution in [0.15, 0.2) is 48.8 Å². The summed E-state index contributed by atoms with van der Waals surface area (Å²) in [6.45, 7) is 2.64. The highest BCUT2D eigenvalue weighted by atomic mass is 19.1. The molecule has 23 heavy (non-hydrogen) atoms. The number of benzene rings is 1. The summed E-state index contributed by atoms with van der Waals surface area (Å²) in [4.78, 5) is 18.4. The smallest absolute Gasteiger partial charge is 0.251 e. The minimum absolute atomic E-state index is 0.137. The second-order valence-corrected chi connectivity index (χ2v) is 5.85. The van der Waals surface area contributed by atoms with Crippen molar-refractivity contribution >= 4 is 11.6 Å². The van der Waals surface area contributed by atoms with Crippen LogP contribution in [0.5, 0.6) is 0 Å². The van der Waals surface area contributed by atoms with Gasteiger partial charge in [-0.05, 0) is 55.2 Å². The van der Waals surface area contributed by atoms with E-state index in [1.54, 1.807) is 0 Å². The number of nitrogens with zero attached hydrogens (tertiary/aromatic N) is 2. The highest BCUT2D eigenvalue weighted by molar-refractivity contribution is 5.94. The molecule has 5 heteroatoms. The monoisotopic (exact) mass is 313 g/mol. The normalized spacial score (nSPS) is 15.4. The molecule has 0 radical (unpaired) electrons. The topological polar surface area (TPSA) is 45.2 Å². The van der Waals surface area contributed by atoms with Crippen LogP contribution in [0.3, 0.4) is 0 Å². The van der Waals surface area contributed by atoms with Crippen molar-refractivity contribution in [3.63, 3.8) is 0 Å². The lowest BCUT2D eigenvalue weighted by Gasteiger charge is -2.33. The first-order valence-electron chi connectivity index (χ1n) is 7.91. The molecule has 1 saturated heterocycles. The molecule has 0 spiro atoms. The lowest BCUT2D eigenvalue weighted by atomic mass is 9.96. The number of anilines is 1. The minimum atomic E-state index is -0.329. The van der Waals surface area contributed by atoms with E-state index >= 15 is 0 Å². The van der Waals surface area contributed by atoms with Gasteiger partial charge >= 0.3 is 0 Å². The van der Waals surface area contributed by atoms with E-state index in [9.17, 15) is 9.18 Å². The Morgan fingerprint density at radius 2 is 1.78 bits per heavy atom. The summed E-state index contributed by atoms with van der Waals surface area (Å²) in [5.41, 5.74) is 1.70. The number of nitrogens with one attached hydrogen (secondary N) is 1. The van der Waals surface area contributed by atoms with Gasteiger partial charge in [0.15, 0.2) is 0 Å². The van der Waals surface area contributed by atoms with Gasteiger partial charge in [-0.2, -0.15) is 0 Å². The van der Waals surface area contributed by atoms with Crippen molar-refractivity contribution in [2.24, 2.45) is 5.92 Å². The minimum Gasteiger partial charge on any atom is -0.371 e. The van der Waals surface area contributed by atoms with E-state index in [0.29, 0.717) is 18.0 Å². The molecule has 0 saturated carbocycles. The molecule has 120 valence electrons. The van der Waals surface area contributed by atoms with Crippen molar-refractivity contribution < 1.29 is 9.18 Å². The van der Waals surface area contributed by atoms with Crippen LogP contribution < -0.4 is 10.2 Å². The molecule has 1 aromatic heterocycles. The molecule has 3 rings (SSSR count). The molecule has 1 aliphatic heterocycles. The maximum atomic E-state index is 12.9. The molecule has 0 atom stereocenters. The van der Waals surface area contributed by atoms with Gasteiger partial charge in [0.25, 0.3) is 5.91 Å². The Morgan fingerprint density at radius 1 is 1.13 bits per heavy atom. The number of hydrogen-bond acceptors (Lipinski definition) is 3. The van der Waals surface area contributed by atoms with Gasteiger partial charge in [0.1, 0.15) is 5.82 Å². The fourth-order valence-corrected chi connectivity index (χ4v) is 2.89. The van der Waals surface area contributed by atoms with E-state index in [2.05, 4.69) is 15.2 Å². The van der Waals surface area contributed by atoms with Crippen LogP contribution in [0.2, 0.25) is 0 Å². The molecule has 0 aliphatic carbocycles. The molecule has 1 N–H and O–H groups in total. The maximum Gasteiger partial charge on any atom is 0.251 e. The summed E-state index contributed by atoms with van der Waals surface area (Å²) >= 11 is 0. The van der Waals surface area contributed by atoms with Crippen LogP contribution in [-0.2, 0) is 0 Å². The summed E-state index contributed by atoms with van der Waals surface area (Å²) in [5.74, 6) is 0.0177. The largest absolute Gasteiger partial charge is 0.371 e. The Labute approximate surface area is 135 Å². The fourth-order valence-electron chi connectivity index (χ4n) is 2.89. The van der Waals surface area contributed by atoms with E-state index in [1.807, 2.05) is 24.5 Å². The predicted molar refractivity (Wildman–Crippen MR) is 87.9 cm³/mol. The summed E-state index contributed by atoms with van der Waals surface area (Å²) in [5, 5.41) is 2.95. The van der Waals surface area contributed by atoms with Crippen molar-refractivity contribution in [2.45, 2.75) is 12.8 Å². The van der Waals surface area contributed by atoms with Crippen molar-refractivity contribution in [1.29, 1.82) is 0 Å². The van der Waals surface area contributed by atoms with Gasteiger partial charge < -0.3 is 10.2 Å². The zero-order valence-electron chi connectivity index (χ0n) is 12.9. The van der Waals surface area contributed by atoms with Crippen LogP contribution in [-0.4, -0.2) is 30.5 Å². The van der Waals surface area contributed by atoms with Gasteiger partial charge in [0, 0.05) is 43.3 Å². The quantitative estimate of drug-likeness (QED) is 0.944. The highest BCUT2D eigenvalue weighted by Gasteiger charge is 2.20. The van der Waals surface area contributed by atoms with Gasteiger partial charge in [-0.15, -0.1) is 0 Å². The second kappa shape index (κ2) is 7.22. The standard InChI is InChI=1S/C18H20FN3O/c19-16-3-1-15(2-4-16)18(23)21-13-14-7-11-22(12-8-14)17-5-9-20-10-6-17/h1-6,9-10,14H,7-8,11-13H2,(H,21,23). The number of amides is 1. The van der Waals surface area contributed by atoms with Gasteiger partial charge in [-0.1, -0.05) is 0 Å². The number of aromatic nitrogens is 1. The van der Waals surface area contributed by atoms with Gasteiger partial charge in [0.05, 0.1) is 0 Å². The zero-order chi connectivity index (χ0) is 16.1. The van der Waals surface area contributed by atoms with Crippen molar-refractivity contribution in [3.8, 4) is 0 Å². The summed E-state index contributed by atoms with van der Waals surface area (Å²) in [6.07, 6.45) is 5.71. The van der Waals surface area contributed by atoms with Gasteiger partial charge in [-0.3, -0.25) is 9.78 Å². The first-order chi connectivity index (χ1) is 11.2. The molecule has 0 bridgehead atoms. The van der Waals surface area contributed by atoms with E-state index < -0.39 is 0 Å². The maximum absolute atomic E-state index is 12.9. The van der Waals surface area contributed by atoms with Crippen LogP contribution in [0.1, 0.15) is 23.2 Å². The Morgan fingerprint density at radius 3 is 2.43 bits per heavy atom. The van der Waals surface area contributed by atoms with Crippen molar-refractivity contribution in [1.82, 2.24) is 10.3 Å². The molecule has 0 unspecified atom stereocenters. The van der Waals surface area contributed by atoms with E-state index in [-0.39, 0.29) is 11.7 Å². The van der Waals surface area contributed by atoms with Crippen LogP contribution in [0, 0.1) is 11.7 Å². The van der Waals surface area contributed by atoms with Crippen molar-refractivity contribution in [2.75, 3.05) is 24.5 Å². The SMILES string of the molecule is O=C(NCC1CCN(c2ccncc2)CC1)c1ccc(F)cc1. The van der Waals surface area contributed by atoms with Crippen LogP contribution >= 0.6 is 0 Å². The highest BCUT2D eigenvalue weighted by Crippen LogP contribution is 2.22. The predicted octanol–water partition coefficient (Wildman–Crippen LogP) is 2.87. The van der Waals surface area contributed by atoms with E-state index in [1.165, 1.54) is 30.0 Å². The lowest BCUT2D eigenvalue weighted by molar-refractivity contribution is 0.0945. The van der Waals surface area contributed by atoms with Gasteiger partial charge in [0.2, 0.25) is 0 Å². The average Bonchev–Trinajstić information content (AvgIpc) is 2.61. The second-order valence-electron chi connectivity index (χ2n) is 5.85. The Bertz CT molecular complexity index is 637. The number of halogens is 1. The number of pyridine rings is 1. The van der Waals surface area contributed by atoms with Gasteiger partial charge in [-0.25, -0.2) is 4.39 Å². The zero-order valence-corrected chi connectivity index (χ0v) is 12.9. The summed E-state index contributed by atoms with van der Waals surface area (Å²) in [6, 6.07) is 9.69. The first kappa shape index (κ1) is 15.5. The summed E-state index contributed by atoms with van der Waals surface area (Å²) in [7, 11) is 0. The molecule has 1 aliphatic rings. The average molecular weight is 313 g/mol. The molecule has 1 fully saturated rings. The van der Waals surface area contributed by atoms with Crippen LogP contribution in [0.25, 0.3) is 0 Å².